The van der Waals surface area contributed by atoms with Crippen molar-refractivity contribution in [1.82, 2.24) is 0 Å². The summed E-state index contributed by atoms with van der Waals surface area (Å²) in [5.41, 5.74) is 0. The topological polar surface area (TPSA) is 78.9 Å². The van der Waals surface area contributed by atoms with Crippen molar-refractivity contribution >= 4 is 17.9 Å². The maximum Gasteiger partial charge on any atom is 0.306 e. The average Bonchev–Trinajstić information content (AvgIpc) is 3.27. The molecule has 0 bridgehead atoms. The number of carbonyl (C=O) groups excluding carboxylic acids is 3. The maximum atomic E-state index is 12.8. The van der Waals surface area contributed by atoms with Gasteiger partial charge < -0.3 is 14.2 Å². The zero-order valence-corrected chi connectivity index (χ0v) is 43.9. The Morgan fingerprint density at radius 1 is 0.297 bits per heavy atom. The fourth-order valence-corrected chi connectivity index (χ4v) is 8.87. The normalized spacial score (nSPS) is 12.0. The highest BCUT2D eigenvalue weighted by molar-refractivity contribution is 5.71. The zero-order valence-electron chi connectivity index (χ0n) is 43.9. The van der Waals surface area contributed by atoms with E-state index in [0.717, 1.165) is 69.6 Å². The van der Waals surface area contributed by atoms with Crippen LogP contribution in [-0.4, -0.2) is 37.2 Å². The summed E-state index contributed by atoms with van der Waals surface area (Å²) in [5, 5.41) is 0. The first-order valence-electron chi connectivity index (χ1n) is 28.7. The van der Waals surface area contributed by atoms with Crippen LogP contribution in [0.5, 0.6) is 0 Å². The lowest BCUT2D eigenvalue weighted by molar-refractivity contribution is -0.167. The molecule has 0 aromatic carbocycles. The van der Waals surface area contributed by atoms with Crippen LogP contribution in [0.15, 0.2) is 0 Å². The summed E-state index contributed by atoms with van der Waals surface area (Å²) in [6.07, 6.45) is 53.9. The molecular weight excluding hydrogens is 793 g/mol. The van der Waals surface area contributed by atoms with Crippen LogP contribution in [0.2, 0.25) is 0 Å². The molecular formula is C58H112O6. The first-order chi connectivity index (χ1) is 31.2. The third kappa shape index (κ3) is 51.4. The minimum absolute atomic E-state index is 0.0633. The second-order valence-corrected chi connectivity index (χ2v) is 20.9. The highest BCUT2D eigenvalue weighted by Crippen LogP contribution is 2.18. The minimum atomic E-state index is -0.763. The number of hydrogen-bond acceptors (Lipinski definition) is 6. The molecule has 1 atom stereocenters. The lowest BCUT2D eigenvalue weighted by Gasteiger charge is -2.18. The molecule has 0 aliphatic rings. The monoisotopic (exact) mass is 905 g/mol. The van der Waals surface area contributed by atoms with Gasteiger partial charge in [-0.2, -0.15) is 0 Å². The Morgan fingerprint density at radius 2 is 0.516 bits per heavy atom. The van der Waals surface area contributed by atoms with Crippen LogP contribution in [0.1, 0.15) is 324 Å². The van der Waals surface area contributed by atoms with Gasteiger partial charge in [-0.25, -0.2) is 0 Å². The maximum absolute atomic E-state index is 12.8. The fraction of sp³-hybridized carbons (Fsp3) is 0.948. The molecule has 380 valence electrons. The van der Waals surface area contributed by atoms with Gasteiger partial charge in [0, 0.05) is 19.3 Å². The van der Waals surface area contributed by atoms with Crippen LogP contribution in [-0.2, 0) is 28.6 Å². The molecule has 0 amide bonds. The van der Waals surface area contributed by atoms with Crippen molar-refractivity contribution in [3.05, 3.63) is 0 Å². The molecule has 0 spiro atoms. The van der Waals surface area contributed by atoms with E-state index in [1.54, 1.807) is 0 Å². The molecule has 64 heavy (non-hydrogen) atoms. The van der Waals surface area contributed by atoms with E-state index in [9.17, 15) is 14.4 Å². The molecule has 0 aliphatic carbocycles. The Balaban J connectivity index is 4.23. The van der Waals surface area contributed by atoms with Crippen LogP contribution in [0.3, 0.4) is 0 Å². The van der Waals surface area contributed by atoms with Crippen LogP contribution in [0.4, 0.5) is 0 Å². The molecule has 6 heteroatoms. The zero-order chi connectivity index (χ0) is 46.8. The fourth-order valence-electron chi connectivity index (χ4n) is 8.87. The van der Waals surface area contributed by atoms with Gasteiger partial charge in [-0.1, -0.05) is 285 Å². The van der Waals surface area contributed by atoms with Crippen LogP contribution >= 0.6 is 0 Å². The van der Waals surface area contributed by atoms with E-state index in [-0.39, 0.29) is 31.1 Å². The Morgan fingerprint density at radius 3 is 0.766 bits per heavy atom. The lowest BCUT2D eigenvalue weighted by atomic mass is 10.0. The van der Waals surface area contributed by atoms with E-state index in [1.807, 2.05) is 0 Å². The van der Waals surface area contributed by atoms with Crippen molar-refractivity contribution in [3.63, 3.8) is 0 Å². The highest BCUT2D eigenvalue weighted by atomic mass is 16.6. The summed E-state index contributed by atoms with van der Waals surface area (Å²) in [6.45, 7) is 11.4. The molecule has 6 nitrogen and oxygen atoms in total. The largest absolute Gasteiger partial charge is 0.462 e. The first kappa shape index (κ1) is 62.4. The SMILES string of the molecule is CCCCCCCCCCCCCCCCCCCC(=O)O[C@@H](COC(=O)CCCCCCCCCCCCCCCCCCC(C)C)COC(=O)CCCCCCCCCC(C)C. The number of ether oxygens (including phenoxy) is 3. The summed E-state index contributed by atoms with van der Waals surface area (Å²) >= 11 is 0. The quantitative estimate of drug-likeness (QED) is 0.0344. The molecule has 0 aromatic rings. The molecule has 0 rings (SSSR count). The second-order valence-electron chi connectivity index (χ2n) is 20.9. The summed E-state index contributed by atoms with van der Waals surface area (Å²) < 4.78 is 16.9. The molecule has 0 radical (unpaired) electrons. The van der Waals surface area contributed by atoms with Gasteiger partial charge in [0.05, 0.1) is 0 Å². The molecule has 0 saturated carbocycles. The van der Waals surface area contributed by atoms with Crippen molar-refractivity contribution in [3.8, 4) is 0 Å². The van der Waals surface area contributed by atoms with Gasteiger partial charge in [0.2, 0.25) is 0 Å². The first-order valence-corrected chi connectivity index (χ1v) is 28.7. The molecule has 0 unspecified atom stereocenters. The highest BCUT2D eigenvalue weighted by Gasteiger charge is 2.19. The lowest BCUT2D eigenvalue weighted by Crippen LogP contribution is -2.30. The third-order valence-corrected chi connectivity index (χ3v) is 13.2. The molecule has 0 heterocycles. The van der Waals surface area contributed by atoms with E-state index >= 15 is 0 Å². The van der Waals surface area contributed by atoms with Crippen molar-refractivity contribution in [2.45, 2.75) is 330 Å². The van der Waals surface area contributed by atoms with Crippen molar-refractivity contribution in [2.24, 2.45) is 11.8 Å². The summed E-state index contributed by atoms with van der Waals surface area (Å²) in [5.74, 6) is 0.791. The Labute approximate surface area is 399 Å². The van der Waals surface area contributed by atoms with E-state index in [4.69, 9.17) is 14.2 Å². The predicted molar refractivity (Wildman–Crippen MR) is 275 cm³/mol. The number of carbonyl (C=O) groups is 3. The van der Waals surface area contributed by atoms with E-state index in [0.29, 0.717) is 19.3 Å². The van der Waals surface area contributed by atoms with Gasteiger partial charge in [0.15, 0.2) is 6.10 Å². The predicted octanol–water partition coefficient (Wildman–Crippen LogP) is 18.9. The van der Waals surface area contributed by atoms with Crippen LogP contribution in [0, 0.1) is 11.8 Å². The van der Waals surface area contributed by atoms with Gasteiger partial charge in [0.1, 0.15) is 13.2 Å². The molecule has 0 N–H and O–H groups in total. The van der Waals surface area contributed by atoms with Crippen molar-refractivity contribution in [1.29, 1.82) is 0 Å². The van der Waals surface area contributed by atoms with Crippen molar-refractivity contribution < 1.29 is 28.6 Å². The van der Waals surface area contributed by atoms with Gasteiger partial charge in [-0.15, -0.1) is 0 Å². The van der Waals surface area contributed by atoms with Crippen LogP contribution in [0.25, 0.3) is 0 Å². The number of hydrogen-bond donors (Lipinski definition) is 0. The third-order valence-electron chi connectivity index (χ3n) is 13.2. The number of rotatable bonds is 52. The van der Waals surface area contributed by atoms with E-state index < -0.39 is 6.10 Å². The van der Waals surface area contributed by atoms with Gasteiger partial charge >= 0.3 is 17.9 Å². The number of esters is 3. The molecule has 0 aromatic heterocycles. The second kappa shape index (κ2) is 50.8. The summed E-state index contributed by atoms with van der Waals surface area (Å²) in [6, 6.07) is 0. The number of unbranched alkanes of at least 4 members (excludes halogenated alkanes) is 37. The minimum Gasteiger partial charge on any atom is -0.462 e. The molecule has 0 aliphatic heterocycles. The van der Waals surface area contributed by atoms with Gasteiger partial charge in [0.25, 0.3) is 0 Å². The molecule has 0 fully saturated rings. The van der Waals surface area contributed by atoms with E-state index in [1.165, 1.54) is 212 Å². The average molecular weight is 906 g/mol. The van der Waals surface area contributed by atoms with Gasteiger partial charge in [-0.05, 0) is 31.1 Å². The molecule has 0 saturated heterocycles. The van der Waals surface area contributed by atoms with Crippen molar-refractivity contribution in [2.75, 3.05) is 13.2 Å². The Bertz CT molecular complexity index is 978. The Hall–Kier alpha value is -1.59. The van der Waals surface area contributed by atoms with E-state index in [2.05, 4.69) is 34.6 Å². The smallest absolute Gasteiger partial charge is 0.306 e. The Kier molecular flexibility index (Phi) is 49.6. The van der Waals surface area contributed by atoms with Gasteiger partial charge in [-0.3, -0.25) is 14.4 Å². The summed E-state index contributed by atoms with van der Waals surface area (Å²) in [4.78, 5) is 38.1. The standard InChI is InChI=1S/C58H112O6/c1-6-7-8-9-10-11-12-13-14-15-20-23-26-29-34-40-45-50-58(61)64-55(52-63-57(60)49-44-39-35-30-32-37-42-47-54(4)5)51-62-56(59)48-43-38-33-28-25-22-19-17-16-18-21-24-27-31-36-41-46-53(2)3/h53-55H,6-52H2,1-5H3/t55-/m0/s1. The summed E-state index contributed by atoms with van der Waals surface area (Å²) in [7, 11) is 0. The van der Waals surface area contributed by atoms with Crippen LogP contribution < -0.4 is 0 Å².